The summed E-state index contributed by atoms with van der Waals surface area (Å²) >= 11 is 0. The van der Waals surface area contributed by atoms with E-state index < -0.39 is 16.1 Å². The second-order valence-corrected chi connectivity index (χ2v) is 10.2. The number of nitrogens with zero attached hydrogens (tertiary/aromatic N) is 1. The van der Waals surface area contributed by atoms with E-state index in [1.165, 1.54) is 6.92 Å². The van der Waals surface area contributed by atoms with Gasteiger partial charge in [0.2, 0.25) is 15.9 Å². The van der Waals surface area contributed by atoms with Crippen molar-refractivity contribution in [1.29, 1.82) is 0 Å². The number of nitrogens with one attached hydrogen (secondary N) is 1. The van der Waals surface area contributed by atoms with Crippen LogP contribution in [0.4, 0.5) is 5.69 Å². The number of sulfonamides is 1. The van der Waals surface area contributed by atoms with E-state index in [0.717, 1.165) is 29.7 Å². The van der Waals surface area contributed by atoms with Crippen molar-refractivity contribution in [3.63, 3.8) is 0 Å². The van der Waals surface area contributed by atoms with E-state index in [1.54, 1.807) is 23.1 Å². The van der Waals surface area contributed by atoms with Crippen molar-refractivity contribution >= 4 is 21.6 Å². The summed E-state index contributed by atoms with van der Waals surface area (Å²) in [7, 11) is -3.79. The van der Waals surface area contributed by atoms with E-state index in [9.17, 15) is 13.2 Å². The Bertz CT molecular complexity index is 1100. The zero-order chi connectivity index (χ0) is 24.2. The van der Waals surface area contributed by atoms with Gasteiger partial charge in [-0.2, -0.15) is 0 Å². The Hall–Kier alpha value is -2.58. The molecule has 180 valence electrons. The lowest BCUT2D eigenvalue weighted by Gasteiger charge is -2.29. The number of benzene rings is 2. The van der Waals surface area contributed by atoms with Gasteiger partial charge in [-0.1, -0.05) is 19.9 Å². The predicted octanol–water partition coefficient (Wildman–Crippen LogP) is 4.46. The standard InChI is InChI=1S/C25H34N2O5S/c1-6-31-23-13-10-20(16-24(23)32-7-2)25(17(3)4)26-33(29,30)21-11-12-22-19(15-21)9-8-14-27(22)18(5)28/h10-13,15-17,25-26H,6-9,14H2,1-5H3. The highest BCUT2D eigenvalue weighted by Crippen LogP contribution is 2.34. The van der Waals surface area contributed by atoms with Gasteiger partial charge in [0.05, 0.1) is 18.1 Å². The summed E-state index contributed by atoms with van der Waals surface area (Å²) in [6.07, 6.45) is 1.55. The number of carbonyl (C=O) groups is 1. The summed E-state index contributed by atoms with van der Waals surface area (Å²) < 4.78 is 41.0. The number of rotatable bonds is 9. The van der Waals surface area contributed by atoms with Crippen molar-refractivity contribution in [3.05, 3.63) is 47.5 Å². The fraction of sp³-hybridized carbons (Fsp3) is 0.480. The van der Waals surface area contributed by atoms with Gasteiger partial charge in [-0.3, -0.25) is 4.79 Å². The molecule has 1 amide bonds. The average molecular weight is 475 g/mol. The van der Waals surface area contributed by atoms with Crippen LogP contribution < -0.4 is 19.1 Å². The smallest absolute Gasteiger partial charge is 0.241 e. The first-order valence-electron chi connectivity index (χ1n) is 11.5. The summed E-state index contributed by atoms with van der Waals surface area (Å²) in [4.78, 5) is 13.8. The monoisotopic (exact) mass is 474 g/mol. The quantitative estimate of drug-likeness (QED) is 0.580. The molecule has 0 aliphatic carbocycles. The zero-order valence-corrected chi connectivity index (χ0v) is 20.9. The van der Waals surface area contributed by atoms with E-state index >= 15 is 0 Å². The van der Waals surface area contributed by atoms with Gasteiger partial charge in [0.1, 0.15) is 0 Å². The number of hydrogen-bond acceptors (Lipinski definition) is 5. The molecule has 1 aliphatic heterocycles. The maximum absolute atomic E-state index is 13.4. The highest BCUT2D eigenvalue weighted by atomic mass is 32.2. The molecule has 1 N–H and O–H groups in total. The van der Waals surface area contributed by atoms with E-state index in [0.29, 0.717) is 31.3 Å². The van der Waals surface area contributed by atoms with Crippen LogP contribution in [-0.2, 0) is 21.2 Å². The minimum atomic E-state index is -3.79. The van der Waals surface area contributed by atoms with Crippen molar-refractivity contribution in [2.45, 2.75) is 58.4 Å². The molecule has 2 aromatic carbocycles. The molecule has 2 aromatic rings. The number of anilines is 1. The third-order valence-electron chi connectivity index (χ3n) is 5.74. The summed E-state index contributed by atoms with van der Waals surface area (Å²) in [6, 6.07) is 10.1. The molecule has 1 atom stereocenters. The topological polar surface area (TPSA) is 84.9 Å². The molecule has 0 saturated carbocycles. The first-order valence-corrected chi connectivity index (χ1v) is 13.0. The lowest BCUT2D eigenvalue weighted by atomic mass is 9.97. The van der Waals surface area contributed by atoms with E-state index in [4.69, 9.17) is 9.47 Å². The molecular weight excluding hydrogens is 440 g/mol. The molecule has 0 saturated heterocycles. The number of fused-ring (bicyclic) bond motifs is 1. The molecule has 0 spiro atoms. The average Bonchev–Trinajstić information content (AvgIpc) is 2.78. The Balaban J connectivity index is 1.92. The Labute approximate surface area is 197 Å². The first kappa shape index (κ1) is 25.1. The summed E-state index contributed by atoms with van der Waals surface area (Å²) in [5.74, 6) is 1.20. The minimum Gasteiger partial charge on any atom is -0.490 e. The maximum atomic E-state index is 13.4. The van der Waals surface area contributed by atoms with Crippen LogP contribution in [0.1, 0.15) is 58.2 Å². The van der Waals surface area contributed by atoms with Crippen LogP contribution in [0.3, 0.4) is 0 Å². The lowest BCUT2D eigenvalue weighted by Crippen LogP contribution is -2.34. The van der Waals surface area contributed by atoms with Crippen molar-refractivity contribution in [1.82, 2.24) is 4.72 Å². The molecule has 0 bridgehead atoms. The number of amides is 1. The van der Waals surface area contributed by atoms with Crippen molar-refractivity contribution < 1.29 is 22.7 Å². The Kier molecular flexibility index (Phi) is 8.02. The maximum Gasteiger partial charge on any atom is 0.241 e. The molecular formula is C25H34N2O5S. The van der Waals surface area contributed by atoms with E-state index in [2.05, 4.69) is 4.72 Å². The fourth-order valence-electron chi connectivity index (χ4n) is 4.15. The normalized spacial score (nSPS) is 14.7. The van der Waals surface area contributed by atoms with Crippen molar-refractivity contribution in [2.24, 2.45) is 5.92 Å². The predicted molar refractivity (Wildman–Crippen MR) is 129 cm³/mol. The van der Waals surface area contributed by atoms with Crippen LogP contribution in [-0.4, -0.2) is 34.1 Å². The summed E-state index contributed by atoms with van der Waals surface area (Å²) in [6.45, 7) is 10.9. The number of carbonyl (C=O) groups excluding carboxylic acids is 1. The van der Waals surface area contributed by atoms with Gasteiger partial charge in [0, 0.05) is 25.2 Å². The minimum absolute atomic E-state index is 0.00183. The SMILES string of the molecule is CCOc1ccc(C(NS(=O)(=O)c2ccc3c(c2)CCCN3C(C)=O)C(C)C)cc1OCC. The second-order valence-electron chi connectivity index (χ2n) is 8.48. The van der Waals surface area contributed by atoms with Crippen LogP contribution in [0.25, 0.3) is 0 Å². The molecule has 33 heavy (non-hydrogen) atoms. The van der Waals surface area contributed by atoms with E-state index in [-0.39, 0.29) is 16.7 Å². The van der Waals surface area contributed by atoms with E-state index in [1.807, 2.05) is 45.9 Å². The fourth-order valence-corrected chi connectivity index (χ4v) is 5.58. The second kappa shape index (κ2) is 10.6. The molecule has 7 nitrogen and oxygen atoms in total. The highest BCUT2D eigenvalue weighted by Gasteiger charge is 2.27. The Morgan fingerprint density at radius 3 is 2.39 bits per heavy atom. The van der Waals surface area contributed by atoms with Gasteiger partial charge >= 0.3 is 0 Å². The highest BCUT2D eigenvalue weighted by molar-refractivity contribution is 7.89. The molecule has 0 aromatic heterocycles. The van der Waals surface area contributed by atoms with Gasteiger partial charge in [-0.25, -0.2) is 13.1 Å². The van der Waals surface area contributed by atoms with Gasteiger partial charge in [0.25, 0.3) is 0 Å². The molecule has 0 radical (unpaired) electrons. The zero-order valence-electron chi connectivity index (χ0n) is 20.1. The summed E-state index contributed by atoms with van der Waals surface area (Å²) in [5.41, 5.74) is 2.47. The third kappa shape index (κ3) is 5.68. The van der Waals surface area contributed by atoms with Crippen molar-refractivity contribution in [3.8, 4) is 11.5 Å². The first-order chi connectivity index (χ1) is 15.7. The summed E-state index contributed by atoms with van der Waals surface area (Å²) in [5, 5.41) is 0. The Morgan fingerprint density at radius 1 is 1.06 bits per heavy atom. The number of aryl methyl sites for hydroxylation is 1. The van der Waals surface area contributed by atoms with Crippen LogP contribution in [0.5, 0.6) is 11.5 Å². The molecule has 1 aliphatic rings. The van der Waals surface area contributed by atoms with Crippen LogP contribution >= 0.6 is 0 Å². The molecule has 1 heterocycles. The van der Waals surface area contributed by atoms with Gasteiger partial charge < -0.3 is 14.4 Å². The van der Waals surface area contributed by atoms with Crippen LogP contribution in [0, 0.1) is 5.92 Å². The van der Waals surface area contributed by atoms with Gasteiger partial charge in [0.15, 0.2) is 11.5 Å². The molecule has 8 heteroatoms. The lowest BCUT2D eigenvalue weighted by molar-refractivity contribution is -0.116. The van der Waals surface area contributed by atoms with Gasteiger partial charge in [-0.05, 0) is 74.1 Å². The third-order valence-corrected chi connectivity index (χ3v) is 7.17. The molecule has 0 fully saturated rings. The molecule has 3 rings (SSSR count). The van der Waals surface area contributed by atoms with Crippen LogP contribution in [0.2, 0.25) is 0 Å². The van der Waals surface area contributed by atoms with Crippen molar-refractivity contribution in [2.75, 3.05) is 24.7 Å². The molecule has 1 unspecified atom stereocenters. The largest absolute Gasteiger partial charge is 0.490 e. The Morgan fingerprint density at radius 2 is 1.76 bits per heavy atom. The van der Waals surface area contributed by atoms with Gasteiger partial charge in [-0.15, -0.1) is 0 Å². The van der Waals surface area contributed by atoms with Crippen LogP contribution in [0.15, 0.2) is 41.3 Å². The number of hydrogen-bond donors (Lipinski definition) is 1. The number of ether oxygens (including phenoxy) is 2.